The normalized spacial score (nSPS) is 18.2. The van der Waals surface area contributed by atoms with E-state index in [2.05, 4.69) is 24.3 Å². The molecule has 496 valence electrons. The molecule has 0 bridgehead atoms. The molecule has 0 spiro atoms. The Morgan fingerprint density at radius 2 is 0.685 bits per heavy atom. The van der Waals surface area contributed by atoms with Crippen LogP contribution in [0.4, 0.5) is 17.1 Å². The third-order valence-corrected chi connectivity index (χ3v) is 28.3. The van der Waals surface area contributed by atoms with Gasteiger partial charge in [0.2, 0.25) is 49.0 Å². The molecule has 0 N–H and O–H groups in total. The largest absolute Gasteiger partial charge is 0.643 e. The quantitative estimate of drug-likeness (QED) is 0.0913. The van der Waals surface area contributed by atoms with Crippen molar-refractivity contribution >= 4 is 138 Å². The summed E-state index contributed by atoms with van der Waals surface area (Å²) >= 11 is -1.72. The van der Waals surface area contributed by atoms with Gasteiger partial charge < -0.3 is 18.9 Å². The lowest BCUT2D eigenvalue weighted by atomic mass is 10.1. The van der Waals surface area contributed by atoms with E-state index in [1.165, 1.54) is 60.0 Å². The van der Waals surface area contributed by atoms with E-state index in [0.29, 0.717) is 94.0 Å². The van der Waals surface area contributed by atoms with Crippen LogP contribution in [-0.2, 0) is 90.1 Å². The molecule has 31 heteroatoms. The zero-order valence-electron chi connectivity index (χ0n) is 49.6. The Kier molecular flexibility index (Phi) is 22.6. The SMILES string of the molecule is O=S(=O)(C1CC1)N1CCc2ccccc21.O=S(=O)(C1CC1)N1CCc2ccccc21.O=S(=O)(Cl)C1CC1.O=S(=O)(Cl)c1ccc2c(c1)OCCO2.O=S(=O)(c1ccc2c(c1)CCN2S(=O)(=O)C1CC1)c1ccc2c(c1)OCCO2.[Cl][Al]([Cl])[Cl].c1ccc2c(c1)CCC2. The number of anilines is 3. The lowest BCUT2D eigenvalue weighted by molar-refractivity contribution is 0.171. The molecule has 19 nitrogen and oxygen atoms in total. The number of aryl methyl sites for hydroxylation is 2. The van der Waals surface area contributed by atoms with Gasteiger partial charge in [0.15, 0.2) is 23.0 Å². The van der Waals surface area contributed by atoms with E-state index in [4.69, 9.17) is 70.5 Å². The van der Waals surface area contributed by atoms with Crippen molar-refractivity contribution in [1.82, 2.24) is 0 Å². The van der Waals surface area contributed by atoms with Crippen molar-refractivity contribution in [2.75, 3.05) is 59.0 Å². The number of hydrogen-bond acceptors (Lipinski definition) is 16. The van der Waals surface area contributed by atoms with E-state index in [1.807, 2.05) is 48.5 Å². The summed E-state index contributed by atoms with van der Waals surface area (Å²) in [5.41, 5.74) is 8.56. The second-order valence-electron chi connectivity index (χ2n) is 22.8. The minimum Gasteiger partial charge on any atom is -0.486 e. The van der Waals surface area contributed by atoms with Crippen LogP contribution in [0.5, 0.6) is 23.0 Å². The Bertz CT molecular complexity index is 4270. The second-order valence-corrected chi connectivity index (χ2v) is 43.1. The number of sulfone groups is 1. The predicted molar refractivity (Wildman–Crippen MR) is 361 cm³/mol. The summed E-state index contributed by atoms with van der Waals surface area (Å²) < 4.78 is 168. The Labute approximate surface area is 565 Å². The summed E-state index contributed by atoms with van der Waals surface area (Å²) in [5, 5.41) is -0.721. The predicted octanol–water partition coefficient (Wildman–Crippen LogP) is 11.2. The Hall–Kier alpha value is -4.40. The number of para-hydroxylation sites is 2. The molecule has 10 aliphatic rings. The van der Waals surface area contributed by atoms with E-state index in [0.717, 1.165) is 79.4 Å². The van der Waals surface area contributed by atoms with Crippen molar-refractivity contribution in [3.8, 4) is 23.0 Å². The minimum atomic E-state index is -3.75. The average Bonchev–Trinajstić information content (AvgIpc) is 1.57. The van der Waals surface area contributed by atoms with E-state index in [9.17, 15) is 50.5 Å². The molecule has 4 saturated carbocycles. The number of ether oxygens (including phenoxy) is 4. The molecular weight excluding hydrogens is 1430 g/mol. The third-order valence-electron chi connectivity index (χ3n) is 16.2. The van der Waals surface area contributed by atoms with Gasteiger partial charge >= 0.3 is 11.4 Å². The molecule has 0 unspecified atom stereocenters. The van der Waals surface area contributed by atoms with E-state index >= 15 is 0 Å². The van der Waals surface area contributed by atoms with Crippen molar-refractivity contribution < 1.29 is 69.5 Å². The highest BCUT2D eigenvalue weighted by Gasteiger charge is 2.45. The number of nitrogens with zero attached hydrogens (tertiary/aromatic N) is 3. The monoisotopic (exact) mass is 1490 g/mol. The van der Waals surface area contributed by atoms with Crippen molar-refractivity contribution in [2.45, 2.75) is 126 Å². The van der Waals surface area contributed by atoms with Gasteiger partial charge in [-0.25, -0.2) is 80.7 Å². The van der Waals surface area contributed by atoms with Crippen LogP contribution >= 0.6 is 51.5 Å². The highest BCUT2D eigenvalue weighted by molar-refractivity contribution is 8.14. The van der Waals surface area contributed by atoms with Crippen molar-refractivity contribution in [3.05, 3.63) is 155 Å². The summed E-state index contributed by atoms with van der Waals surface area (Å²) in [7, 11) is 4.87. The molecule has 92 heavy (non-hydrogen) atoms. The molecule has 5 heterocycles. The zero-order valence-corrected chi connectivity index (χ0v) is 59.4. The summed E-state index contributed by atoms with van der Waals surface area (Å²) in [6, 6.07) is 37.8. The minimum absolute atomic E-state index is 0.0171. The van der Waals surface area contributed by atoms with Gasteiger partial charge in [0.1, 0.15) is 26.4 Å². The van der Waals surface area contributed by atoms with Crippen LogP contribution in [0, 0.1) is 0 Å². The fraction of sp³-hybridized carbons (Fsp3) is 0.410. The molecule has 0 radical (unpaired) electrons. The fourth-order valence-electron chi connectivity index (χ4n) is 10.9. The van der Waals surface area contributed by atoms with Crippen LogP contribution in [-0.4, -0.2) is 129 Å². The van der Waals surface area contributed by atoms with Crippen LogP contribution in [0.25, 0.3) is 0 Å². The number of hydrogen-bond donors (Lipinski definition) is 0. The summed E-state index contributed by atoms with van der Waals surface area (Å²) in [6.45, 7) is 3.31. The van der Waals surface area contributed by atoms with Gasteiger partial charge in [0.25, 0.3) is 9.05 Å². The molecule has 0 atom stereocenters. The van der Waals surface area contributed by atoms with Crippen LogP contribution in [0.2, 0.25) is 0 Å². The first kappa shape index (κ1) is 70.4. The molecule has 5 aliphatic heterocycles. The molecule has 16 rings (SSSR count). The van der Waals surface area contributed by atoms with Gasteiger partial charge in [-0.1, -0.05) is 60.7 Å². The molecule has 0 saturated heterocycles. The molecule has 4 fully saturated rings. The standard InChI is InChI=1S/C19H19NO6S2.2C11H13NO2S.C9H10.C8H7ClO4S.C3H5ClO2S.Al.3ClH/c21-27(22,16-4-6-18-19(12-16)26-10-9-25-18)15-3-5-17-13(11-15)7-8-20(17)28(23,24)14-1-2-14;2*13-15(14,10-5-6-10)12-8-7-9-3-1-2-4-11(9)12;1-2-5-9-7-3-6-8(9)4-1;9-14(10,11)6-1-2-7-8(5-6)13-4-3-12-7;4-7(5,6)3-1-2-3;;;;/h3-6,11-12,14H,1-2,7-10H2;2*1-4,10H,5-8H2;1-2,4-5H,3,6-7H2;1-2,5H,3-4H2;3H,1-2H2;;3*1H/q;;;;;;+3;;;/p-3. The molecule has 0 aromatic heterocycles. The molecule has 6 aromatic rings. The van der Waals surface area contributed by atoms with Gasteiger partial charge in [0, 0.05) is 53.1 Å². The Balaban J connectivity index is 0.000000126. The first-order valence-corrected chi connectivity index (χ1v) is 45.8. The van der Waals surface area contributed by atoms with Gasteiger partial charge in [-0.2, -0.15) is 0 Å². The van der Waals surface area contributed by atoms with Gasteiger partial charge in [0.05, 0.1) is 52.7 Å². The van der Waals surface area contributed by atoms with Gasteiger partial charge in [-0.3, -0.25) is 12.9 Å². The van der Waals surface area contributed by atoms with Crippen LogP contribution < -0.4 is 31.9 Å². The Morgan fingerprint density at radius 3 is 1.07 bits per heavy atom. The first-order valence-electron chi connectivity index (χ1n) is 29.9. The third kappa shape index (κ3) is 17.6. The number of benzene rings is 6. The number of sulfonamides is 3. The van der Waals surface area contributed by atoms with E-state index in [-0.39, 0.29) is 35.7 Å². The lowest BCUT2D eigenvalue weighted by Crippen LogP contribution is -2.32. The average molecular weight is 1490 g/mol. The van der Waals surface area contributed by atoms with Crippen LogP contribution in [0.1, 0.15) is 85.6 Å². The van der Waals surface area contributed by atoms with E-state index in [1.54, 1.807) is 37.9 Å². The highest BCUT2D eigenvalue weighted by Crippen LogP contribution is 2.43. The zero-order chi connectivity index (χ0) is 65.8. The van der Waals surface area contributed by atoms with Gasteiger partial charge in [-0.05, 0) is 172 Å². The first-order chi connectivity index (χ1) is 43.6. The summed E-state index contributed by atoms with van der Waals surface area (Å²) in [4.78, 5) is 0.286. The summed E-state index contributed by atoms with van der Waals surface area (Å²) in [5.74, 6) is 1.90. The number of fused-ring (bicyclic) bond motifs is 6. The topological polar surface area (TPSA) is 251 Å². The van der Waals surface area contributed by atoms with Crippen LogP contribution in [0.15, 0.2) is 142 Å². The maximum Gasteiger partial charge on any atom is 0.643 e. The maximum absolute atomic E-state index is 13.1. The number of halogens is 5. The van der Waals surface area contributed by atoms with E-state index < -0.39 is 69.4 Å². The fourth-order valence-corrected chi connectivity index (χ4v) is 19.9. The van der Waals surface area contributed by atoms with Crippen molar-refractivity contribution in [3.63, 3.8) is 0 Å². The van der Waals surface area contributed by atoms with Gasteiger partial charge in [-0.15, -0.1) is 0 Å². The molecule has 5 aliphatic carbocycles. The highest BCUT2D eigenvalue weighted by atomic mass is 35.8. The summed E-state index contributed by atoms with van der Waals surface area (Å²) in [6.07, 6.45) is 12.4. The number of rotatable bonds is 10. The lowest BCUT2D eigenvalue weighted by Gasteiger charge is -2.20. The maximum atomic E-state index is 13.1. The van der Waals surface area contributed by atoms with Crippen molar-refractivity contribution in [1.29, 1.82) is 0 Å². The molecule has 6 aromatic carbocycles. The van der Waals surface area contributed by atoms with Crippen LogP contribution in [0.3, 0.4) is 0 Å². The second kappa shape index (κ2) is 29.5. The van der Waals surface area contributed by atoms with Crippen molar-refractivity contribution in [2.24, 2.45) is 0 Å². The molecular formula is C61H67AlCl5N3O16S6. The smallest absolute Gasteiger partial charge is 0.486 e. The Morgan fingerprint density at radius 1 is 0.359 bits per heavy atom. The molecule has 0 amide bonds.